The van der Waals surface area contributed by atoms with E-state index in [1.807, 2.05) is 35.4 Å². The zero-order valence-corrected chi connectivity index (χ0v) is 10.8. The molecule has 0 saturated carbocycles. The number of halogens is 1. The molecule has 2 rings (SSSR count). The van der Waals surface area contributed by atoms with Crippen LogP contribution >= 0.6 is 11.6 Å². The lowest BCUT2D eigenvalue weighted by molar-refractivity contribution is -0.112. The smallest absolute Gasteiger partial charge is 0.154 e. The molecular weight excluding hydrogens is 248 g/mol. The molecule has 0 N–H and O–H groups in total. The lowest BCUT2D eigenvalue weighted by Gasteiger charge is -2.23. The maximum absolute atomic E-state index is 11.2. The minimum absolute atomic E-state index is 0.0316. The molecule has 18 heavy (non-hydrogen) atoms. The van der Waals surface area contributed by atoms with Crippen molar-refractivity contribution in [3.8, 4) is 0 Å². The molecule has 0 fully saturated rings. The number of hydrogen-bond acceptors (Lipinski definition) is 3. The van der Waals surface area contributed by atoms with Crippen LogP contribution in [0.1, 0.15) is 12.5 Å². The molecule has 1 aliphatic heterocycles. The molecular formula is C14H13ClN2O. The van der Waals surface area contributed by atoms with Gasteiger partial charge in [-0.1, -0.05) is 23.7 Å². The Morgan fingerprint density at radius 3 is 2.94 bits per heavy atom. The van der Waals surface area contributed by atoms with Crippen molar-refractivity contribution >= 4 is 17.4 Å². The van der Waals surface area contributed by atoms with Crippen molar-refractivity contribution in [3.05, 3.63) is 65.2 Å². The third-order valence-corrected chi connectivity index (χ3v) is 2.69. The molecule has 92 valence electrons. The Labute approximate surface area is 111 Å². The Bertz CT molecular complexity index is 529. The number of hydrogen-bond donors (Lipinski definition) is 0. The predicted octanol–water partition coefficient (Wildman–Crippen LogP) is 3.09. The number of carbonyl (C=O) groups is 1. The molecule has 0 radical (unpaired) electrons. The topological polar surface area (TPSA) is 33.2 Å². The molecule has 0 bridgehead atoms. The van der Waals surface area contributed by atoms with Crippen molar-refractivity contribution in [2.45, 2.75) is 13.5 Å². The number of allylic oxidation sites excluding steroid dienone is 4. The Hall–Kier alpha value is -1.87. The van der Waals surface area contributed by atoms with Gasteiger partial charge >= 0.3 is 0 Å². The lowest BCUT2D eigenvalue weighted by Crippen LogP contribution is -2.17. The quantitative estimate of drug-likeness (QED) is 0.619. The van der Waals surface area contributed by atoms with Gasteiger partial charge in [-0.25, -0.2) is 4.98 Å². The van der Waals surface area contributed by atoms with Crippen molar-refractivity contribution < 1.29 is 4.79 Å². The van der Waals surface area contributed by atoms with Crippen LogP contribution in [0.25, 0.3) is 0 Å². The van der Waals surface area contributed by atoms with Gasteiger partial charge in [-0.3, -0.25) is 4.79 Å². The minimum atomic E-state index is 0.0316. The van der Waals surface area contributed by atoms with Crippen molar-refractivity contribution in [3.63, 3.8) is 0 Å². The molecule has 0 aliphatic carbocycles. The third kappa shape index (κ3) is 3.31. The van der Waals surface area contributed by atoms with Crippen LogP contribution in [0, 0.1) is 0 Å². The van der Waals surface area contributed by atoms with E-state index in [-0.39, 0.29) is 5.78 Å². The Morgan fingerprint density at radius 1 is 1.44 bits per heavy atom. The molecule has 0 saturated heterocycles. The van der Waals surface area contributed by atoms with Gasteiger partial charge in [0, 0.05) is 30.7 Å². The summed E-state index contributed by atoms with van der Waals surface area (Å²) >= 11 is 5.75. The first-order chi connectivity index (χ1) is 8.65. The van der Waals surface area contributed by atoms with E-state index in [4.69, 9.17) is 11.6 Å². The van der Waals surface area contributed by atoms with Crippen molar-refractivity contribution in [2.24, 2.45) is 0 Å². The zero-order chi connectivity index (χ0) is 13.0. The fourth-order valence-electron chi connectivity index (χ4n) is 1.67. The molecule has 1 aromatic heterocycles. The highest BCUT2D eigenvalue weighted by Gasteiger charge is 2.08. The third-order valence-electron chi connectivity index (χ3n) is 2.47. The fourth-order valence-corrected chi connectivity index (χ4v) is 1.78. The van der Waals surface area contributed by atoms with Crippen LogP contribution in [0.2, 0.25) is 5.15 Å². The number of ketones is 1. The van der Waals surface area contributed by atoms with Gasteiger partial charge in [0.15, 0.2) is 5.78 Å². The van der Waals surface area contributed by atoms with Crippen LogP contribution in [0.3, 0.4) is 0 Å². The van der Waals surface area contributed by atoms with Crippen molar-refractivity contribution in [2.75, 3.05) is 0 Å². The molecule has 0 atom stereocenters. The number of rotatable bonds is 3. The summed E-state index contributed by atoms with van der Waals surface area (Å²) in [6, 6.07) is 3.68. The minimum Gasteiger partial charge on any atom is -0.343 e. The van der Waals surface area contributed by atoms with Crippen LogP contribution in [-0.2, 0) is 11.3 Å². The van der Waals surface area contributed by atoms with Gasteiger partial charge in [0.1, 0.15) is 5.15 Å². The largest absolute Gasteiger partial charge is 0.343 e. The molecule has 0 amide bonds. The van der Waals surface area contributed by atoms with Crippen molar-refractivity contribution in [1.29, 1.82) is 0 Å². The summed E-state index contributed by atoms with van der Waals surface area (Å²) < 4.78 is 0. The summed E-state index contributed by atoms with van der Waals surface area (Å²) in [6.45, 7) is 2.20. The summed E-state index contributed by atoms with van der Waals surface area (Å²) in [4.78, 5) is 17.2. The van der Waals surface area contributed by atoms with Crippen LogP contribution in [-0.4, -0.2) is 15.7 Å². The van der Waals surface area contributed by atoms with Gasteiger partial charge in [0.25, 0.3) is 0 Å². The number of pyridine rings is 1. The monoisotopic (exact) mass is 260 g/mol. The SMILES string of the molecule is CC(=O)/C=C1\C=CC=CN1Cc1ccc(Cl)nc1. The van der Waals surface area contributed by atoms with Gasteiger partial charge in [-0.05, 0) is 30.7 Å². The first-order valence-electron chi connectivity index (χ1n) is 5.59. The van der Waals surface area contributed by atoms with Gasteiger partial charge in [0.2, 0.25) is 0 Å². The molecule has 3 nitrogen and oxygen atoms in total. The van der Waals surface area contributed by atoms with E-state index < -0.39 is 0 Å². The van der Waals surface area contributed by atoms with Gasteiger partial charge in [-0.2, -0.15) is 0 Å². The average molecular weight is 261 g/mol. The van der Waals surface area contributed by atoms with E-state index in [0.717, 1.165) is 11.3 Å². The highest BCUT2D eigenvalue weighted by atomic mass is 35.5. The lowest BCUT2D eigenvalue weighted by atomic mass is 10.2. The Kier molecular flexibility index (Phi) is 3.95. The summed E-state index contributed by atoms with van der Waals surface area (Å²) in [5.74, 6) is 0.0316. The summed E-state index contributed by atoms with van der Waals surface area (Å²) in [5.41, 5.74) is 1.91. The second kappa shape index (κ2) is 5.65. The molecule has 0 spiro atoms. The summed E-state index contributed by atoms with van der Waals surface area (Å²) in [7, 11) is 0. The molecule has 0 aromatic carbocycles. The zero-order valence-electron chi connectivity index (χ0n) is 10.0. The van der Waals surface area contributed by atoms with E-state index in [1.54, 1.807) is 25.3 Å². The molecule has 0 unspecified atom stereocenters. The predicted molar refractivity (Wildman–Crippen MR) is 71.8 cm³/mol. The molecule has 1 aromatic rings. The number of carbonyl (C=O) groups excluding carboxylic acids is 1. The Balaban J connectivity index is 2.16. The maximum Gasteiger partial charge on any atom is 0.154 e. The summed E-state index contributed by atoms with van der Waals surface area (Å²) in [5, 5.41) is 0.479. The van der Waals surface area contributed by atoms with E-state index in [2.05, 4.69) is 4.98 Å². The first kappa shape index (κ1) is 12.6. The Morgan fingerprint density at radius 2 is 2.28 bits per heavy atom. The fraction of sp³-hybridized carbons (Fsp3) is 0.143. The average Bonchev–Trinajstić information content (AvgIpc) is 2.34. The first-order valence-corrected chi connectivity index (χ1v) is 5.97. The van der Waals surface area contributed by atoms with Crippen LogP contribution < -0.4 is 0 Å². The molecule has 1 aliphatic rings. The van der Waals surface area contributed by atoms with Gasteiger partial charge < -0.3 is 4.90 Å². The highest BCUT2D eigenvalue weighted by Crippen LogP contribution is 2.17. The van der Waals surface area contributed by atoms with Crippen molar-refractivity contribution in [1.82, 2.24) is 9.88 Å². The van der Waals surface area contributed by atoms with E-state index in [0.29, 0.717) is 11.7 Å². The highest BCUT2D eigenvalue weighted by molar-refractivity contribution is 6.29. The van der Waals surface area contributed by atoms with Gasteiger partial charge in [0.05, 0.1) is 0 Å². The van der Waals surface area contributed by atoms with E-state index in [9.17, 15) is 4.79 Å². The van der Waals surface area contributed by atoms with Crippen LogP contribution in [0.15, 0.2) is 54.5 Å². The molecule has 4 heteroatoms. The summed E-state index contributed by atoms with van der Waals surface area (Å²) in [6.07, 6.45) is 11.0. The second-order valence-corrected chi connectivity index (χ2v) is 4.38. The molecule has 2 heterocycles. The van der Waals surface area contributed by atoms with E-state index in [1.165, 1.54) is 0 Å². The maximum atomic E-state index is 11.2. The standard InChI is InChI=1S/C14H13ClN2O/c1-11(18)8-13-4-2-3-7-17(13)10-12-5-6-14(15)16-9-12/h2-9H,10H2,1H3/b13-8+. The number of aromatic nitrogens is 1. The van der Waals surface area contributed by atoms with Crippen LogP contribution in [0.4, 0.5) is 0 Å². The number of nitrogens with zero attached hydrogens (tertiary/aromatic N) is 2. The second-order valence-electron chi connectivity index (χ2n) is 4.00. The normalized spacial score (nSPS) is 16.3. The van der Waals surface area contributed by atoms with Gasteiger partial charge in [-0.15, -0.1) is 0 Å². The van der Waals surface area contributed by atoms with Crippen LogP contribution in [0.5, 0.6) is 0 Å². The van der Waals surface area contributed by atoms with E-state index >= 15 is 0 Å².